The van der Waals surface area contributed by atoms with Gasteiger partial charge in [0.25, 0.3) is 0 Å². The fourth-order valence-corrected chi connectivity index (χ4v) is 1.83. The van der Waals surface area contributed by atoms with Crippen LogP contribution in [-0.4, -0.2) is 24.5 Å². The molecule has 0 saturated heterocycles. The van der Waals surface area contributed by atoms with Crippen LogP contribution in [0, 0.1) is 5.41 Å². The van der Waals surface area contributed by atoms with E-state index in [4.69, 9.17) is 0 Å². The zero-order chi connectivity index (χ0) is 18.5. The van der Waals surface area contributed by atoms with E-state index in [1.807, 2.05) is 0 Å². The van der Waals surface area contributed by atoms with Crippen LogP contribution in [0.5, 0.6) is 5.75 Å². The van der Waals surface area contributed by atoms with E-state index in [0.29, 0.717) is 5.56 Å². The molecule has 0 bridgehead atoms. The Labute approximate surface area is 139 Å². The smallest absolute Gasteiger partial charge is 0.422 e. The minimum absolute atomic E-state index is 0.0664. The molecule has 24 heavy (non-hydrogen) atoms. The number of benzene rings is 1. The number of halogens is 3. The molecule has 0 aromatic heterocycles. The number of hydrogen-bond donors (Lipinski definition) is 1. The van der Waals surface area contributed by atoms with Crippen molar-refractivity contribution in [2.45, 2.75) is 46.3 Å². The summed E-state index contributed by atoms with van der Waals surface area (Å²) in [4.78, 5) is 23.8. The van der Waals surface area contributed by atoms with Crippen molar-refractivity contribution in [2.75, 3.05) is 6.61 Å². The standard InChI is InChI=1S/C17H22F3NO3/c1-11(21-15(23)9-14(22)16(2,3)4)12-6-5-7-13(8-12)24-10-17(18,19)20/h5-8,11H,9-10H2,1-4H3,(H,21,23)/t11-/m0/s1. The highest BCUT2D eigenvalue weighted by Crippen LogP contribution is 2.22. The Bertz CT molecular complexity index is 591. The van der Waals surface area contributed by atoms with Crippen molar-refractivity contribution in [1.82, 2.24) is 5.32 Å². The Kier molecular flexibility index (Phi) is 6.40. The third-order valence-electron chi connectivity index (χ3n) is 3.30. The Balaban J connectivity index is 2.66. The van der Waals surface area contributed by atoms with E-state index in [1.54, 1.807) is 39.8 Å². The van der Waals surface area contributed by atoms with Gasteiger partial charge in [-0.3, -0.25) is 9.59 Å². The molecule has 1 N–H and O–H groups in total. The maximum atomic E-state index is 12.2. The van der Waals surface area contributed by atoms with Crippen LogP contribution < -0.4 is 10.1 Å². The Hall–Kier alpha value is -2.05. The van der Waals surface area contributed by atoms with Crippen LogP contribution in [0.3, 0.4) is 0 Å². The SMILES string of the molecule is C[C@H](NC(=O)CC(=O)C(C)(C)C)c1cccc(OCC(F)(F)F)c1. The Morgan fingerprint density at radius 1 is 1.21 bits per heavy atom. The van der Waals surface area contributed by atoms with Crippen molar-refractivity contribution >= 4 is 11.7 Å². The lowest BCUT2D eigenvalue weighted by molar-refractivity contribution is -0.153. The molecule has 4 nitrogen and oxygen atoms in total. The van der Waals surface area contributed by atoms with E-state index in [-0.39, 0.29) is 18.0 Å². The highest BCUT2D eigenvalue weighted by Gasteiger charge is 2.28. The van der Waals surface area contributed by atoms with Crippen molar-refractivity contribution in [3.8, 4) is 5.75 Å². The van der Waals surface area contributed by atoms with Gasteiger partial charge in [-0.2, -0.15) is 13.2 Å². The molecule has 7 heteroatoms. The van der Waals surface area contributed by atoms with Crippen LogP contribution in [0.4, 0.5) is 13.2 Å². The first-order valence-electron chi connectivity index (χ1n) is 7.50. The quantitative estimate of drug-likeness (QED) is 0.798. The third kappa shape index (κ3) is 7.02. The molecule has 0 aliphatic rings. The average Bonchev–Trinajstić information content (AvgIpc) is 2.43. The number of carbonyl (C=O) groups is 2. The summed E-state index contributed by atoms with van der Waals surface area (Å²) in [5, 5.41) is 2.66. The summed E-state index contributed by atoms with van der Waals surface area (Å²) < 4.78 is 41.2. The first-order valence-corrected chi connectivity index (χ1v) is 7.50. The first kappa shape index (κ1) is 20.0. The van der Waals surface area contributed by atoms with Crippen LogP contribution in [0.1, 0.15) is 45.7 Å². The minimum atomic E-state index is -4.41. The van der Waals surface area contributed by atoms with Crippen LogP contribution >= 0.6 is 0 Å². The van der Waals surface area contributed by atoms with Gasteiger partial charge in [0, 0.05) is 5.41 Å². The number of amides is 1. The van der Waals surface area contributed by atoms with Gasteiger partial charge in [0.15, 0.2) is 6.61 Å². The van der Waals surface area contributed by atoms with Crippen molar-refractivity contribution in [2.24, 2.45) is 5.41 Å². The van der Waals surface area contributed by atoms with Gasteiger partial charge >= 0.3 is 6.18 Å². The molecule has 0 spiro atoms. The van der Waals surface area contributed by atoms with Gasteiger partial charge in [-0.05, 0) is 24.6 Å². The zero-order valence-corrected chi connectivity index (χ0v) is 14.2. The summed E-state index contributed by atoms with van der Waals surface area (Å²) in [5.41, 5.74) is -0.0161. The maximum absolute atomic E-state index is 12.2. The van der Waals surface area contributed by atoms with E-state index in [0.717, 1.165) is 0 Å². The molecular formula is C17H22F3NO3. The summed E-state index contributed by atoms with van der Waals surface area (Å²) in [6.07, 6.45) is -4.65. The van der Waals surface area contributed by atoms with Crippen LogP contribution in [-0.2, 0) is 9.59 Å². The number of ketones is 1. The van der Waals surface area contributed by atoms with Crippen LogP contribution in [0.25, 0.3) is 0 Å². The third-order valence-corrected chi connectivity index (χ3v) is 3.30. The highest BCUT2D eigenvalue weighted by atomic mass is 19.4. The van der Waals surface area contributed by atoms with Crippen molar-refractivity contribution in [3.05, 3.63) is 29.8 Å². The van der Waals surface area contributed by atoms with E-state index in [1.165, 1.54) is 12.1 Å². The summed E-state index contributed by atoms with van der Waals surface area (Å²) in [5.74, 6) is -0.546. The normalized spacial score (nSPS) is 13.3. The molecule has 0 aliphatic carbocycles. The molecule has 0 saturated carbocycles. The van der Waals surface area contributed by atoms with Gasteiger partial charge < -0.3 is 10.1 Å². The average molecular weight is 345 g/mol. The van der Waals surface area contributed by atoms with Crippen molar-refractivity contribution in [1.29, 1.82) is 0 Å². The molecule has 1 aromatic rings. The first-order chi connectivity index (χ1) is 10.9. The molecule has 1 atom stereocenters. The number of alkyl halides is 3. The van der Waals surface area contributed by atoms with Crippen LogP contribution in [0.2, 0.25) is 0 Å². The molecule has 0 aliphatic heterocycles. The summed E-state index contributed by atoms with van der Waals surface area (Å²) in [6.45, 7) is 5.49. The number of Topliss-reactive ketones (excluding diaryl/α,β-unsaturated/α-hetero) is 1. The Morgan fingerprint density at radius 2 is 1.83 bits per heavy atom. The zero-order valence-electron chi connectivity index (χ0n) is 14.2. The fourth-order valence-electron chi connectivity index (χ4n) is 1.83. The minimum Gasteiger partial charge on any atom is -0.484 e. The largest absolute Gasteiger partial charge is 0.484 e. The molecule has 134 valence electrons. The molecular weight excluding hydrogens is 323 g/mol. The number of ether oxygens (including phenoxy) is 1. The van der Waals surface area contributed by atoms with Gasteiger partial charge in [-0.15, -0.1) is 0 Å². The highest BCUT2D eigenvalue weighted by molar-refractivity contribution is 6.00. The lowest BCUT2D eigenvalue weighted by atomic mass is 9.89. The second-order valence-corrected chi connectivity index (χ2v) is 6.62. The molecule has 1 amide bonds. The van der Waals surface area contributed by atoms with Gasteiger partial charge in [0.2, 0.25) is 5.91 Å². The number of hydrogen-bond acceptors (Lipinski definition) is 3. The summed E-state index contributed by atoms with van der Waals surface area (Å²) >= 11 is 0. The maximum Gasteiger partial charge on any atom is 0.422 e. The molecule has 0 heterocycles. The molecule has 1 rings (SSSR count). The van der Waals surface area contributed by atoms with E-state index < -0.39 is 30.1 Å². The van der Waals surface area contributed by atoms with Crippen molar-refractivity contribution in [3.63, 3.8) is 0 Å². The molecule has 0 unspecified atom stereocenters. The second-order valence-electron chi connectivity index (χ2n) is 6.62. The van der Waals surface area contributed by atoms with E-state index >= 15 is 0 Å². The number of rotatable bonds is 6. The molecule has 0 fully saturated rings. The number of nitrogens with one attached hydrogen (secondary N) is 1. The van der Waals surface area contributed by atoms with Gasteiger partial charge in [-0.1, -0.05) is 32.9 Å². The number of carbonyl (C=O) groups excluding carboxylic acids is 2. The predicted molar refractivity (Wildman–Crippen MR) is 83.6 cm³/mol. The Morgan fingerprint density at radius 3 is 2.38 bits per heavy atom. The monoisotopic (exact) mass is 345 g/mol. The molecule has 0 radical (unpaired) electrons. The fraction of sp³-hybridized carbons (Fsp3) is 0.529. The van der Waals surface area contributed by atoms with Crippen LogP contribution in [0.15, 0.2) is 24.3 Å². The lowest BCUT2D eigenvalue weighted by Gasteiger charge is -2.19. The van der Waals surface area contributed by atoms with Gasteiger partial charge in [0.05, 0.1) is 12.5 Å². The van der Waals surface area contributed by atoms with Gasteiger partial charge in [0.1, 0.15) is 11.5 Å². The van der Waals surface area contributed by atoms with Gasteiger partial charge in [-0.25, -0.2) is 0 Å². The summed E-state index contributed by atoms with van der Waals surface area (Å²) in [7, 11) is 0. The predicted octanol–water partition coefficient (Wildman–Crippen LogP) is 3.81. The van der Waals surface area contributed by atoms with E-state index in [2.05, 4.69) is 10.1 Å². The molecule has 1 aromatic carbocycles. The van der Waals surface area contributed by atoms with E-state index in [9.17, 15) is 22.8 Å². The van der Waals surface area contributed by atoms with Crippen molar-refractivity contribution < 1.29 is 27.5 Å². The topological polar surface area (TPSA) is 55.4 Å². The summed E-state index contributed by atoms with van der Waals surface area (Å²) in [6, 6.07) is 5.59. The second kappa shape index (κ2) is 7.68. The lowest BCUT2D eigenvalue weighted by Crippen LogP contribution is -2.32.